The Morgan fingerprint density at radius 1 is 0.550 bits per heavy atom. The molecule has 0 bridgehead atoms. The summed E-state index contributed by atoms with van der Waals surface area (Å²) in [5.41, 5.74) is 0. The molecule has 16 heteroatoms. The molecule has 0 aliphatic rings. The average molecular weight is 1340 g/mol. The van der Waals surface area contributed by atoms with Gasteiger partial charge in [0.2, 0.25) is 0 Å². The lowest BCUT2D eigenvalue weighted by Crippen LogP contribution is -2.16. The summed E-state index contributed by atoms with van der Waals surface area (Å²) in [6.07, 6.45) is 0. The second kappa shape index (κ2) is 30.1. The zero-order valence-corrected chi connectivity index (χ0v) is 39.7. The van der Waals surface area contributed by atoms with Gasteiger partial charge in [0.15, 0.2) is 0 Å². The van der Waals surface area contributed by atoms with Crippen molar-refractivity contribution < 1.29 is 19.7 Å². The van der Waals surface area contributed by atoms with Crippen LogP contribution in [0.4, 0.5) is 0 Å². The fraction of sp³-hybridized carbons (Fsp3) is 0.500. The van der Waals surface area contributed by atoms with Crippen LogP contribution in [0, 0.1) is 0 Å². The number of benzene rings is 2. The molecule has 0 aromatic heterocycles. The highest BCUT2D eigenvalue weighted by atomic mass is 79.9. The minimum Gasteiger partial charge on any atom is -0.508 e. The number of hydrogen-bond donors (Lipinski definition) is 2. The first kappa shape index (κ1) is 45.8. The topological polar surface area (TPSA) is 58.9 Å². The van der Waals surface area contributed by atoms with Crippen LogP contribution >= 0.6 is 191 Å². The Bertz CT molecular complexity index is 814. The Morgan fingerprint density at radius 3 is 1.18 bits per heavy atom. The molecule has 2 aromatic carbocycles. The minimum absolute atomic E-state index is 0.201. The van der Waals surface area contributed by atoms with Crippen molar-refractivity contribution >= 4 is 191 Å². The van der Waals surface area contributed by atoms with Crippen molar-refractivity contribution in [3.63, 3.8) is 0 Å². The molecule has 4 unspecified atom stereocenters. The van der Waals surface area contributed by atoms with E-state index in [1.165, 1.54) is 0 Å². The number of aromatic hydroxyl groups is 2. The monoisotopic (exact) mass is 1330 g/mol. The summed E-state index contributed by atoms with van der Waals surface area (Å²) in [5.74, 6) is 0.523. The van der Waals surface area contributed by atoms with Crippen LogP contribution in [0.15, 0.2) is 54.3 Å². The molecule has 2 aromatic rings. The molecular formula is C24H28Br12O4. The van der Waals surface area contributed by atoms with Crippen LogP contribution < -0.4 is 0 Å². The SMILES string of the molecule is BrCC(Br)COCC(Br)CBr.BrCC(Br)COCC(Br)CBr.Oc1cc(Br)c(Br)c(Br)c1Br.Oc1ccccc1. The van der Waals surface area contributed by atoms with E-state index in [9.17, 15) is 5.11 Å². The lowest BCUT2D eigenvalue weighted by molar-refractivity contribution is 0.145. The molecule has 0 fully saturated rings. The molecular weight excluding hydrogens is 1310 g/mol. The zero-order valence-electron chi connectivity index (χ0n) is 20.7. The molecule has 0 aliphatic heterocycles. The second-order valence-corrected chi connectivity index (χ2v) is 18.2. The largest absolute Gasteiger partial charge is 0.508 e. The summed E-state index contributed by atoms with van der Waals surface area (Å²) in [7, 11) is 0. The summed E-state index contributed by atoms with van der Waals surface area (Å²) in [5, 5.41) is 21.6. The van der Waals surface area contributed by atoms with Gasteiger partial charge < -0.3 is 19.7 Å². The van der Waals surface area contributed by atoms with E-state index in [0.717, 1.165) is 61.2 Å². The van der Waals surface area contributed by atoms with Crippen molar-refractivity contribution in [3.8, 4) is 11.5 Å². The molecule has 0 amide bonds. The number of alkyl halides is 8. The third-order valence-corrected chi connectivity index (χ3v) is 17.3. The molecule has 4 nitrogen and oxygen atoms in total. The molecule has 2 rings (SSSR count). The second-order valence-electron chi connectivity index (χ2n) is 7.24. The van der Waals surface area contributed by atoms with Gasteiger partial charge in [-0.2, -0.15) is 0 Å². The first-order valence-corrected chi connectivity index (χ1v) is 22.4. The highest BCUT2D eigenvalue weighted by Crippen LogP contribution is 2.41. The van der Waals surface area contributed by atoms with Gasteiger partial charge in [-0.25, -0.2) is 0 Å². The van der Waals surface area contributed by atoms with Crippen LogP contribution in [-0.2, 0) is 9.47 Å². The molecule has 0 spiro atoms. The van der Waals surface area contributed by atoms with Gasteiger partial charge >= 0.3 is 0 Å². The zero-order chi connectivity index (χ0) is 31.1. The van der Waals surface area contributed by atoms with Gasteiger partial charge in [-0.15, -0.1) is 0 Å². The van der Waals surface area contributed by atoms with Crippen molar-refractivity contribution in [3.05, 3.63) is 54.3 Å². The van der Waals surface area contributed by atoms with Gasteiger partial charge in [-0.05, 0) is 81.9 Å². The average Bonchev–Trinajstić information content (AvgIpc) is 2.95. The van der Waals surface area contributed by atoms with E-state index in [1.54, 1.807) is 30.3 Å². The quantitative estimate of drug-likeness (QED) is 0.126. The van der Waals surface area contributed by atoms with Gasteiger partial charge in [-0.1, -0.05) is 146 Å². The first-order valence-electron chi connectivity index (χ1n) is 11.1. The molecule has 0 aliphatic carbocycles. The molecule has 232 valence electrons. The molecule has 40 heavy (non-hydrogen) atoms. The van der Waals surface area contributed by atoms with Gasteiger partial charge in [0.1, 0.15) is 11.5 Å². The summed E-state index contributed by atoms with van der Waals surface area (Å²) in [6.45, 7) is 3.00. The third-order valence-electron chi connectivity index (χ3n) is 3.70. The molecule has 0 radical (unpaired) electrons. The van der Waals surface area contributed by atoms with E-state index < -0.39 is 0 Å². The van der Waals surface area contributed by atoms with E-state index in [4.69, 9.17) is 14.6 Å². The molecule has 0 heterocycles. The van der Waals surface area contributed by atoms with Crippen LogP contribution in [0.2, 0.25) is 0 Å². The maximum Gasteiger partial charge on any atom is 0.132 e. The van der Waals surface area contributed by atoms with Crippen LogP contribution in [0.5, 0.6) is 11.5 Å². The maximum absolute atomic E-state index is 9.28. The van der Waals surface area contributed by atoms with Gasteiger partial charge in [-0.3, -0.25) is 0 Å². The van der Waals surface area contributed by atoms with E-state index in [0.29, 0.717) is 29.5 Å². The highest BCUT2D eigenvalue weighted by molar-refractivity contribution is 9.15. The first-order chi connectivity index (χ1) is 18.8. The third kappa shape index (κ3) is 25.9. The Balaban J connectivity index is 0. The normalized spacial score (nSPS) is 13.3. The molecule has 0 saturated heterocycles. The van der Waals surface area contributed by atoms with Crippen LogP contribution in [-0.4, -0.2) is 77.3 Å². The van der Waals surface area contributed by atoms with E-state index in [1.807, 2.05) is 6.07 Å². The summed E-state index contributed by atoms with van der Waals surface area (Å²) in [6, 6.07) is 10.3. The van der Waals surface area contributed by atoms with Crippen molar-refractivity contribution in [2.45, 2.75) is 19.3 Å². The summed E-state index contributed by atoms with van der Waals surface area (Å²) in [4.78, 5) is 1.66. The lowest BCUT2D eigenvalue weighted by Gasteiger charge is -2.09. The number of para-hydroxylation sites is 1. The minimum atomic E-state index is 0.201. The number of halogens is 12. The predicted octanol–water partition coefficient (Wildman–Crippen LogP) is 12.5. The van der Waals surface area contributed by atoms with Crippen molar-refractivity contribution in [1.82, 2.24) is 0 Å². The Hall–Kier alpha value is 3.72. The van der Waals surface area contributed by atoms with Crippen molar-refractivity contribution in [1.29, 1.82) is 0 Å². The maximum atomic E-state index is 9.28. The molecule has 4 atom stereocenters. The van der Waals surface area contributed by atoms with Crippen LogP contribution in [0.1, 0.15) is 0 Å². The van der Waals surface area contributed by atoms with E-state index >= 15 is 0 Å². The number of hydrogen-bond acceptors (Lipinski definition) is 4. The predicted molar refractivity (Wildman–Crippen MR) is 215 cm³/mol. The van der Waals surface area contributed by atoms with E-state index in [-0.39, 0.29) is 5.75 Å². The molecule has 0 saturated carbocycles. The Morgan fingerprint density at radius 2 is 0.900 bits per heavy atom. The molecule has 2 N–H and O–H groups in total. The Kier molecular flexibility index (Phi) is 34.5. The summed E-state index contributed by atoms with van der Waals surface area (Å²) < 4.78 is 13.9. The fourth-order valence-electron chi connectivity index (χ4n) is 1.81. The highest BCUT2D eigenvalue weighted by Gasteiger charge is 2.10. The summed E-state index contributed by atoms with van der Waals surface area (Å²) >= 11 is 40.3. The number of rotatable bonds is 12. The number of phenolic OH excluding ortho intramolecular Hbond substituents is 2. The van der Waals surface area contributed by atoms with Crippen LogP contribution in [0.25, 0.3) is 0 Å². The van der Waals surface area contributed by atoms with Crippen LogP contribution in [0.3, 0.4) is 0 Å². The van der Waals surface area contributed by atoms with E-state index in [2.05, 4.69) is 191 Å². The van der Waals surface area contributed by atoms with Gasteiger partial charge in [0, 0.05) is 49.6 Å². The lowest BCUT2D eigenvalue weighted by atomic mass is 10.3. The van der Waals surface area contributed by atoms with Crippen molar-refractivity contribution in [2.24, 2.45) is 0 Å². The number of phenols is 2. The van der Waals surface area contributed by atoms with Gasteiger partial charge in [0.25, 0.3) is 0 Å². The number of ether oxygens (including phenoxy) is 2. The fourth-order valence-corrected chi connectivity index (χ4v) is 5.30. The standard InChI is InChI=1S/C6H2Br4O.2C6H10Br4O.C6H6O/c7-2-1-3(11)5(9)6(10)4(2)8;2*7-1-5(9)3-11-4-6(10)2-8;7-6-4-2-1-3-5-6/h1,11H;2*5-6H,1-4H2;1-5,7H. The smallest absolute Gasteiger partial charge is 0.132 e. The van der Waals surface area contributed by atoms with Crippen molar-refractivity contribution in [2.75, 3.05) is 47.7 Å². The van der Waals surface area contributed by atoms with Gasteiger partial charge in [0.05, 0.1) is 35.4 Å². The Labute approximate surface area is 338 Å².